The third-order valence-electron chi connectivity index (χ3n) is 2.02. The third kappa shape index (κ3) is 1.44. The fourth-order valence-corrected chi connectivity index (χ4v) is 2.92. The predicted octanol–water partition coefficient (Wildman–Crippen LogP) is 3.31. The Kier molecular flexibility index (Phi) is 2.56. The first kappa shape index (κ1) is 9.68. The van der Waals surface area contributed by atoms with Crippen molar-refractivity contribution in [2.75, 3.05) is 0 Å². The van der Waals surface area contributed by atoms with Gasteiger partial charge in [0.15, 0.2) is 0 Å². The van der Waals surface area contributed by atoms with Crippen molar-refractivity contribution in [1.29, 1.82) is 0 Å². The lowest BCUT2D eigenvalue weighted by Gasteiger charge is -1.92. The topological polar surface area (TPSA) is 37.3 Å². The Labute approximate surface area is 93.3 Å². The number of benzene rings is 1. The van der Waals surface area contributed by atoms with Gasteiger partial charge in [0.1, 0.15) is 12.0 Å². The van der Waals surface area contributed by atoms with Crippen LogP contribution in [0.1, 0.15) is 15.2 Å². The molecule has 72 valence electrons. The van der Waals surface area contributed by atoms with Crippen LogP contribution >= 0.6 is 27.3 Å². The highest BCUT2D eigenvalue weighted by Crippen LogP contribution is 2.38. The molecule has 1 aromatic carbocycles. The molecule has 2 aromatic rings. The second kappa shape index (κ2) is 3.71. The summed E-state index contributed by atoms with van der Waals surface area (Å²) in [5.41, 5.74) is 0.639. The van der Waals surface area contributed by atoms with Crippen LogP contribution in [0.2, 0.25) is 0 Å². The molecule has 4 heteroatoms. The van der Waals surface area contributed by atoms with E-state index in [4.69, 9.17) is 0 Å². The summed E-state index contributed by atoms with van der Waals surface area (Å²) in [4.78, 5) is 11.4. The number of hydrogen-bond donors (Lipinski definition) is 1. The first-order valence-electron chi connectivity index (χ1n) is 4.02. The Morgan fingerprint density at radius 2 is 2.29 bits per heavy atom. The molecule has 0 spiro atoms. The molecular weight excluding hydrogens is 264 g/mol. The molecule has 0 atom stereocenters. The smallest absolute Gasteiger partial charge is 0.150 e. The molecule has 1 aromatic heterocycles. The second-order valence-corrected chi connectivity index (χ2v) is 4.58. The number of fused-ring (bicyclic) bond motifs is 1. The zero-order valence-corrected chi connectivity index (χ0v) is 9.56. The van der Waals surface area contributed by atoms with Crippen molar-refractivity contribution in [2.24, 2.45) is 0 Å². The Hall–Kier alpha value is -0.870. The quantitative estimate of drug-likeness (QED) is 0.672. The Morgan fingerprint density at radius 3 is 2.93 bits per heavy atom. The third-order valence-corrected chi connectivity index (χ3v) is 4.09. The first-order valence-corrected chi connectivity index (χ1v) is 5.95. The molecular formula is C10H7BrO2S. The number of thiophene rings is 1. The number of halogens is 1. The number of aromatic hydroxyl groups is 1. The molecule has 0 bridgehead atoms. The van der Waals surface area contributed by atoms with Gasteiger partial charge < -0.3 is 5.11 Å². The van der Waals surface area contributed by atoms with Crippen LogP contribution in [-0.4, -0.2) is 11.4 Å². The minimum absolute atomic E-state index is 0.319. The van der Waals surface area contributed by atoms with Gasteiger partial charge in [-0.1, -0.05) is 22.0 Å². The second-order valence-electron chi connectivity index (χ2n) is 2.88. The van der Waals surface area contributed by atoms with E-state index in [-0.39, 0.29) is 0 Å². The largest absolute Gasteiger partial charge is 0.506 e. The van der Waals surface area contributed by atoms with Crippen molar-refractivity contribution in [3.8, 4) is 5.75 Å². The lowest BCUT2D eigenvalue weighted by atomic mass is 10.2. The lowest BCUT2D eigenvalue weighted by molar-refractivity contribution is 0.112. The van der Waals surface area contributed by atoms with Gasteiger partial charge in [0.05, 0.1) is 4.88 Å². The molecule has 1 heterocycles. The van der Waals surface area contributed by atoms with Crippen LogP contribution in [0.4, 0.5) is 0 Å². The average Bonchev–Trinajstić information content (AvgIpc) is 2.55. The monoisotopic (exact) mass is 270 g/mol. The van der Waals surface area contributed by atoms with E-state index in [9.17, 15) is 9.90 Å². The van der Waals surface area contributed by atoms with Gasteiger partial charge in [-0.15, -0.1) is 11.3 Å². The van der Waals surface area contributed by atoms with Crippen LogP contribution in [0.3, 0.4) is 0 Å². The van der Waals surface area contributed by atoms with E-state index in [1.807, 2.05) is 0 Å². The van der Waals surface area contributed by atoms with Gasteiger partial charge in [0.25, 0.3) is 0 Å². The number of carbonyl (C=O) groups excluding carboxylic acids is 1. The van der Waals surface area contributed by atoms with Crippen molar-refractivity contribution in [1.82, 2.24) is 0 Å². The van der Waals surface area contributed by atoms with E-state index in [0.29, 0.717) is 16.6 Å². The molecule has 0 amide bonds. The lowest BCUT2D eigenvalue weighted by Crippen LogP contribution is -1.75. The van der Waals surface area contributed by atoms with E-state index in [0.717, 1.165) is 21.2 Å². The number of aldehydes is 1. The van der Waals surface area contributed by atoms with Gasteiger partial charge in [-0.25, -0.2) is 0 Å². The van der Waals surface area contributed by atoms with Crippen molar-refractivity contribution in [3.63, 3.8) is 0 Å². The van der Waals surface area contributed by atoms with Crippen molar-refractivity contribution < 1.29 is 9.90 Å². The van der Waals surface area contributed by atoms with Crippen molar-refractivity contribution in [2.45, 2.75) is 5.33 Å². The zero-order valence-electron chi connectivity index (χ0n) is 7.16. The standard InChI is InChI=1S/C10H7BrO2S/c11-4-9-10(13)7-2-1-6(5-12)3-8(7)14-9/h1-3,5,13H,4H2. The van der Waals surface area contributed by atoms with E-state index >= 15 is 0 Å². The van der Waals surface area contributed by atoms with Crippen LogP contribution in [0, 0.1) is 0 Å². The fraction of sp³-hybridized carbons (Fsp3) is 0.100. The van der Waals surface area contributed by atoms with Gasteiger partial charge in [-0.3, -0.25) is 4.79 Å². The molecule has 14 heavy (non-hydrogen) atoms. The number of hydrogen-bond acceptors (Lipinski definition) is 3. The maximum atomic E-state index is 10.5. The van der Waals surface area contributed by atoms with Crippen LogP contribution in [-0.2, 0) is 5.33 Å². The van der Waals surface area contributed by atoms with Gasteiger partial charge >= 0.3 is 0 Å². The normalized spacial score (nSPS) is 10.6. The molecule has 0 fully saturated rings. The first-order chi connectivity index (χ1) is 6.76. The highest BCUT2D eigenvalue weighted by Gasteiger charge is 2.09. The summed E-state index contributed by atoms with van der Waals surface area (Å²) < 4.78 is 0.946. The van der Waals surface area contributed by atoms with E-state index < -0.39 is 0 Å². The zero-order chi connectivity index (χ0) is 10.1. The van der Waals surface area contributed by atoms with Crippen LogP contribution in [0.25, 0.3) is 10.1 Å². The summed E-state index contributed by atoms with van der Waals surface area (Å²) in [7, 11) is 0. The summed E-state index contributed by atoms with van der Waals surface area (Å²) in [5, 5.41) is 11.2. The summed E-state index contributed by atoms with van der Waals surface area (Å²) >= 11 is 4.80. The van der Waals surface area contributed by atoms with Crippen molar-refractivity contribution >= 4 is 43.6 Å². The molecule has 0 saturated heterocycles. The minimum Gasteiger partial charge on any atom is -0.506 e. The number of carbonyl (C=O) groups is 1. The number of alkyl halides is 1. The van der Waals surface area contributed by atoms with Crippen LogP contribution < -0.4 is 0 Å². The SMILES string of the molecule is O=Cc1ccc2c(O)c(CBr)sc2c1. The summed E-state index contributed by atoms with van der Waals surface area (Å²) in [5.74, 6) is 0.319. The van der Waals surface area contributed by atoms with Gasteiger partial charge in [0.2, 0.25) is 0 Å². The Bertz CT molecular complexity index is 490. The van der Waals surface area contributed by atoms with E-state index in [2.05, 4.69) is 15.9 Å². The molecule has 0 aliphatic heterocycles. The molecule has 2 rings (SSSR count). The highest BCUT2D eigenvalue weighted by atomic mass is 79.9. The maximum absolute atomic E-state index is 10.5. The molecule has 0 aliphatic rings. The van der Waals surface area contributed by atoms with Gasteiger partial charge in [0, 0.05) is 21.0 Å². The van der Waals surface area contributed by atoms with E-state index in [1.54, 1.807) is 18.2 Å². The van der Waals surface area contributed by atoms with Gasteiger partial charge in [-0.05, 0) is 12.1 Å². The summed E-state index contributed by atoms with van der Waals surface area (Å²) in [6.45, 7) is 0. The van der Waals surface area contributed by atoms with Crippen LogP contribution in [0.15, 0.2) is 18.2 Å². The number of rotatable bonds is 2. The summed E-state index contributed by atoms with van der Waals surface area (Å²) in [6.07, 6.45) is 0.810. The fourth-order valence-electron chi connectivity index (χ4n) is 1.31. The van der Waals surface area contributed by atoms with E-state index in [1.165, 1.54) is 11.3 Å². The Morgan fingerprint density at radius 1 is 1.50 bits per heavy atom. The maximum Gasteiger partial charge on any atom is 0.150 e. The molecule has 0 aliphatic carbocycles. The molecule has 2 nitrogen and oxygen atoms in total. The molecule has 0 saturated carbocycles. The minimum atomic E-state index is 0.319. The highest BCUT2D eigenvalue weighted by molar-refractivity contribution is 9.08. The predicted molar refractivity (Wildman–Crippen MR) is 61.5 cm³/mol. The Balaban J connectivity index is 2.72. The molecule has 0 unspecified atom stereocenters. The van der Waals surface area contributed by atoms with Crippen molar-refractivity contribution in [3.05, 3.63) is 28.6 Å². The average molecular weight is 271 g/mol. The molecule has 1 N–H and O–H groups in total. The van der Waals surface area contributed by atoms with Crippen LogP contribution in [0.5, 0.6) is 5.75 Å². The summed E-state index contributed by atoms with van der Waals surface area (Å²) in [6, 6.07) is 5.27. The molecule has 0 radical (unpaired) electrons. The van der Waals surface area contributed by atoms with Gasteiger partial charge in [-0.2, -0.15) is 0 Å².